The van der Waals surface area contributed by atoms with Gasteiger partial charge in [0.2, 0.25) is 5.91 Å². The Hall–Kier alpha value is -1.29. The zero-order chi connectivity index (χ0) is 12.9. The lowest BCUT2D eigenvalue weighted by atomic mass is 10.3. The van der Waals surface area contributed by atoms with Gasteiger partial charge in [-0.3, -0.25) is 4.79 Å². The predicted molar refractivity (Wildman–Crippen MR) is 67.8 cm³/mol. The third-order valence-electron chi connectivity index (χ3n) is 4.08. The van der Waals surface area contributed by atoms with Crippen LogP contribution in [0.15, 0.2) is 16.5 Å². The molecule has 0 aliphatic heterocycles. The van der Waals surface area contributed by atoms with Crippen LogP contribution in [0.1, 0.15) is 37.2 Å². The van der Waals surface area contributed by atoms with Crippen LogP contribution in [0.2, 0.25) is 0 Å². The normalized spacial score (nSPS) is 33.3. The number of amides is 1. The van der Waals surface area contributed by atoms with Crippen molar-refractivity contribution in [2.45, 2.75) is 38.3 Å². The van der Waals surface area contributed by atoms with Gasteiger partial charge in [-0.25, -0.2) is 0 Å². The fraction of sp³-hybridized carbons (Fsp3) is 0.643. The molecule has 4 heteroatoms. The second-order valence-electron chi connectivity index (χ2n) is 5.82. The van der Waals surface area contributed by atoms with Crippen molar-refractivity contribution in [1.29, 1.82) is 0 Å². The van der Waals surface area contributed by atoms with Gasteiger partial charge in [-0.2, -0.15) is 0 Å². The van der Waals surface area contributed by atoms with Crippen molar-refractivity contribution in [2.75, 3.05) is 7.05 Å². The summed E-state index contributed by atoms with van der Waals surface area (Å²) in [5.41, 5.74) is 5.70. The van der Waals surface area contributed by atoms with Crippen molar-refractivity contribution in [3.8, 4) is 0 Å². The lowest BCUT2D eigenvalue weighted by Gasteiger charge is -2.15. The summed E-state index contributed by atoms with van der Waals surface area (Å²) in [4.78, 5) is 13.6. The van der Waals surface area contributed by atoms with E-state index in [2.05, 4.69) is 6.92 Å². The van der Waals surface area contributed by atoms with Gasteiger partial charge in [0, 0.05) is 19.0 Å². The molecule has 0 saturated heterocycles. The smallest absolute Gasteiger partial charge is 0.227 e. The highest BCUT2D eigenvalue weighted by Crippen LogP contribution is 2.47. The third kappa shape index (κ3) is 2.17. The molecule has 0 spiro atoms. The summed E-state index contributed by atoms with van der Waals surface area (Å²) in [7, 11) is 1.81. The maximum atomic E-state index is 11.9. The van der Waals surface area contributed by atoms with Gasteiger partial charge in [0.05, 0.1) is 12.5 Å². The molecular formula is C14H20N2O2. The monoisotopic (exact) mass is 248 g/mol. The summed E-state index contributed by atoms with van der Waals surface area (Å²) in [5, 5.41) is 0. The second kappa shape index (κ2) is 4.12. The van der Waals surface area contributed by atoms with Crippen LogP contribution in [0.4, 0.5) is 0 Å². The number of hydrogen-bond acceptors (Lipinski definition) is 3. The van der Waals surface area contributed by atoms with Crippen LogP contribution in [-0.2, 0) is 11.3 Å². The molecule has 1 heterocycles. The van der Waals surface area contributed by atoms with Gasteiger partial charge in [0.25, 0.3) is 0 Å². The van der Waals surface area contributed by atoms with E-state index in [1.165, 1.54) is 6.42 Å². The molecule has 0 aromatic carbocycles. The van der Waals surface area contributed by atoms with Crippen LogP contribution in [0.3, 0.4) is 0 Å². The van der Waals surface area contributed by atoms with Crippen LogP contribution < -0.4 is 5.73 Å². The van der Waals surface area contributed by atoms with E-state index in [9.17, 15) is 4.79 Å². The van der Waals surface area contributed by atoms with E-state index < -0.39 is 0 Å². The Morgan fingerprint density at radius 1 is 1.50 bits per heavy atom. The van der Waals surface area contributed by atoms with Crippen LogP contribution in [0, 0.1) is 11.8 Å². The van der Waals surface area contributed by atoms with Crippen LogP contribution in [0.5, 0.6) is 0 Å². The molecule has 1 amide bonds. The van der Waals surface area contributed by atoms with Crippen molar-refractivity contribution >= 4 is 5.91 Å². The topological polar surface area (TPSA) is 59.5 Å². The largest absolute Gasteiger partial charge is 0.464 e. The van der Waals surface area contributed by atoms with E-state index in [0.29, 0.717) is 12.5 Å². The number of carbonyl (C=O) groups excluding carboxylic acids is 1. The fourth-order valence-electron chi connectivity index (χ4n) is 2.49. The first-order chi connectivity index (χ1) is 8.56. The standard InChI is InChI=1S/C14H20N2O2/c1-8-5-10(8)13-4-3-9(18-13)7-16(2)14(17)11-6-12(11)15/h3-4,8,10-12H,5-7,15H2,1-2H3. The highest BCUT2D eigenvalue weighted by atomic mass is 16.3. The number of rotatable bonds is 4. The summed E-state index contributed by atoms with van der Waals surface area (Å²) in [5.74, 6) is 3.45. The average Bonchev–Trinajstić information content (AvgIpc) is 3.18. The quantitative estimate of drug-likeness (QED) is 0.882. The lowest BCUT2D eigenvalue weighted by molar-refractivity contribution is -0.132. The van der Waals surface area contributed by atoms with Gasteiger partial charge in [0.1, 0.15) is 11.5 Å². The highest BCUT2D eigenvalue weighted by molar-refractivity contribution is 5.82. The summed E-state index contributed by atoms with van der Waals surface area (Å²) in [6, 6.07) is 4.10. The maximum absolute atomic E-state index is 11.9. The molecule has 2 N–H and O–H groups in total. The predicted octanol–water partition coefficient (Wildman–Crippen LogP) is 1.71. The summed E-state index contributed by atoms with van der Waals surface area (Å²) in [6.07, 6.45) is 2.05. The summed E-state index contributed by atoms with van der Waals surface area (Å²) >= 11 is 0. The number of nitrogens with zero attached hydrogens (tertiary/aromatic N) is 1. The minimum Gasteiger partial charge on any atom is -0.464 e. The molecule has 3 rings (SSSR count). The molecule has 4 unspecified atom stereocenters. The van der Waals surface area contributed by atoms with E-state index in [4.69, 9.17) is 10.2 Å². The number of hydrogen-bond donors (Lipinski definition) is 1. The van der Waals surface area contributed by atoms with E-state index in [0.717, 1.165) is 23.9 Å². The van der Waals surface area contributed by atoms with Gasteiger partial charge in [0.15, 0.2) is 0 Å². The zero-order valence-electron chi connectivity index (χ0n) is 10.9. The van der Waals surface area contributed by atoms with Gasteiger partial charge in [-0.15, -0.1) is 0 Å². The molecule has 98 valence electrons. The van der Waals surface area contributed by atoms with Crippen molar-refractivity contribution in [2.24, 2.45) is 17.6 Å². The average molecular weight is 248 g/mol. The highest BCUT2D eigenvalue weighted by Gasteiger charge is 2.41. The van der Waals surface area contributed by atoms with E-state index in [-0.39, 0.29) is 17.9 Å². The number of nitrogens with two attached hydrogens (primary N) is 1. The Morgan fingerprint density at radius 2 is 2.17 bits per heavy atom. The minimum atomic E-state index is 0.0351. The Labute approximate surface area is 107 Å². The molecule has 2 aliphatic carbocycles. The van der Waals surface area contributed by atoms with E-state index in [1.54, 1.807) is 4.90 Å². The molecule has 18 heavy (non-hydrogen) atoms. The molecule has 0 bridgehead atoms. The molecule has 1 aromatic heterocycles. The molecule has 1 aromatic rings. The molecule has 2 saturated carbocycles. The van der Waals surface area contributed by atoms with E-state index >= 15 is 0 Å². The minimum absolute atomic E-state index is 0.0351. The van der Waals surface area contributed by atoms with Gasteiger partial charge >= 0.3 is 0 Å². The zero-order valence-corrected chi connectivity index (χ0v) is 10.9. The maximum Gasteiger partial charge on any atom is 0.227 e. The second-order valence-corrected chi connectivity index (χ2v) is 5.82. The first-order valence-electron chi connectivity index (χ1n) is 6.65. The van der Waals surface area contributed by atoms with Gasteiger partial charge in [-0.1, -0.05) is 6.92 Å². The molecule has 2 fully saturated rings. The summed E-state index contributed by atoms with van der Waals surface area (Å²) < 4.78 is 5.80. The third-order valence-corrected chi connectivity index (χ3v) is 4.08. The Morgan fingerprint density at radius 3 is 2.72 bits per heavy atom. The lowest BCUT2D eigenvalue weighted by Crippen LogP contribution is -2.29. The van der Waals surface area contributed by atoms with Crippen LogP contribution in [0.25, 0.3) is 0 Å². The Balaban J connectivity index is 1.58. The summed E-state index contributed by atoms with van der Waals surface area (Å²) in [6.45, 7) is 2.78. The SMILES string of the molecule is CC1CC1c1ccc(CN(C)C(=O)C2CC2N)o1. The van der Waals surface area contributed by atoms with Crippen molar-refractivity contribution in [3.05, 3.63) is 23.7 Å². The Kier molecular flexibility index (Phi) is 2.70. The molecule has 2 aliphatic rings. The van der Waals surface area contributed by atoms with Gasteiger partial charge < -0.3 is 15.1 Å². The van der Waals surface area contributed by atoms with Crippen LogP contribution in [-0.4, -0.2) is 23.9 Å². The molecule has 0 radical (unpaired) electrons. The molecule has 4 nitrogen and oxygen atoms in total. The first-order valence-corrected chi connectivity index (χ1v) is 6.65. The van der Waals surface area contributed by atoms with E-state index in [1.807, 2.05) is 19.2 Å². The molecular weight excluding hydrogens is 228 g/mol. The van der Waals surface area contributed by atoms with Crippen molar-refractivity contribution in [3.63, 3.8) is 0 Å². The van der Waals surface area contributed by atoms with Crippen LogP contribution >= 0.6 is 0 Å². The fourth-order valence-corrected chi connectivity index (χ4v) is 2.49. The number of carbonyl (C=O) groups is 1. The van der Waals surface area contributed by atoms with Crippen molar-refractivity contribution in [1.82, 2.24) is 4.90 Å². The first kappa shape index (κ1) is 11.8. The Bertz CT molecular complexity index is 468. The van der Waals surface area contributed by atoms with Gasteiger partial charge in [-0.05, 0) is 30.9 Å². The molecule has 4 atom stereocenters. The number of furan rings is 1. The van der Waals surface area contributed by atoms with Crippen molar-refractivity contribution < 1.29 is 9.21 Å².